The van der Waals surface area contributed by atoms with Crippen molar-refractivity contribution in [1.82, 2.24) is 0 Å². The van der Waals surface area contributed by atoms with Gasteiger partial charge in [0.1, 0.15) is 6.07 Å². The van der Waals surface area contributed by atoms with Crippen LogP contribution in [0, 0.1) is 23.7 Å². The molecule has 18 heavy (non-hydrogen) atoms. The number of anilines is 1. The van der Waals surface area contributed by atoms with Gasteiger partial charge in [0.2, 0.25) is 0 Å². The Hall–Kier alpha value is -1.53. The lowest BCUT2D eigenvalue weighted by molar-refractivity contribution is 0.157. The van der Waals surface area contributed by atoms with Gasteiger partial charge in [-0.15, -0.1) is 0 Å². The zero-order chi connectivity index (χ0) is 13.6. The van der Waals surface area contributed by atoms with Gasteiger partial charge in [-0.25, -0.2) is 0 Å². The molecule has 0 aliphatic rings. The summed E-state index contributed by atoms with van der Waals surface area (Å²) in [5, 5.41) is 12.5. The molecular weight excluding hydrogens is 224 g/mol. The van der Waals surface area contributed by atoms with Gasteiger partial charge in [-0.2, -0.15) is 5.26 Å². The molecule has 0 radical (unpaired) electrons. The van der Waals surface area contributed by atoms with Crippen LogP contribution in [0.3, 0.4) is 0 Å². The minimum Gasteiger partial charge on any atom is -0.385 e. The van der Waals surface area contributed by atoms with E-state index in [0.29, 0.717) is 5.56 Å². The van der Waals surface area contributed by atoms with Crippen LogP contribution >= 0.6 is 0 Å². The maximum atomic E-state index is 9.10. The Balaban J connectivity index is 2.66. The first kappa shape index (κ1) is 14.5. The van der Waals surface area contributed by atoms with Crippen LogP contribution in [0.25, 0.3) is 0 Å². The van der Waals surface area contributed by atoms with Crippen LogP contribution < -0.4 is 5.32 Å². The predicted molar refractivity (Wildman–Crippen MR) is 74.7 cm³/mol. The lowest BCUT2D eigenvalue weighted by atomic mass is 9.89. The lowest BCUT2D eigenvalue weighted by Crippen LogP contribution is -2.24. The van der Waals surface area contributed by atoms with E-state index in [1.165, 1.54) is 0 Å². The number of benzene rings is 1. The van der Waals surface area contributed by atoms with E-state index in [1.807, 2.05) is 25.1 Å². The van der Waals surface area contributed by atoms with E-state index in [0.717, 1.165) is 30.8 Å². The summed E-state index contributed by atoms with van der Waals surface area (Å²) in [5.41, 5.74) is 2.87. The summed E-state index contributed by atoms with van der Waals surface area (Å²) in [4.78, 5) is 0. The highest BCUT2D eigenvalue weighted by molar-refractivity contribution is 5.58. The van der Waals surface area contributed by atoms with Gasteiger partial charge in [0.25, 0.3) is 0 Å². The molecule has 0 saturated carbocycles. The SMILES string of the molecule is COCCC(C)(C)CNc1ccc(C)cc1C#N. The van der Waals surface area contributed by atoms with E-state index in [1.54, 1.807) is 7.11 Å². The minimum atomic E-state index is 0.146. The lowest BCUT2D eigenvalue weighted by Gasteiger charge is -2.25. The quantitative estimate of drug-likeness (QED) is 0.837. The number of nitrogens with one attached hydrogen (secondary N) is 1. The molecular formula is C15H22N2O. The number of rotatable bonds is 6. The third-order valence-electron chi connectivity index (χ3n) is 3.04. The topological polar surface area (TPSA) is 45.0 Å². The third kappa shape index (κ3) is 4.38. The van der Waals surface area contributed by atoms with E-state index in [9.17, 15) is 0 Å². The van der Waals surface area contributed by atoms with Crippen molar-refractivity contribution in [2.24, 2.45) is 5.41 Å². The minimum absolute atomic E-state index is 0.146. The number of aryl methyl sites for hydroxylation is 1. The van der Waals surface area contributed by atoms with Crippen molar-refractivity contribution in [3.63, 3.8) is 0 Å². The summed E-state index contributed by atoms with van der Waals surface area (Å²) in [6.07, 6.45) is 0.990. The van der Waals surface area contributed by atoms with Gasteiger partial charge in [-0.1, -0.05) is 19.9 Å². The molecule has 1 aromatic rings. The molecule has 0 bridgehead atoms. The first-order valence-corrected chi connectivity index (χ1v) is 6.22. The first-order valence-electron chi connectivity index (χ1n) is 6.22. The molecule has 0 aromatic heterocycles. The summed E-state index contributed by atoms with van der Waals surface area (Å²) in [5.74, 6) is 0. The normalized spacial score (nSPS) is 11.1. The van der Waals surface area contributed by atoms with E-state index >= 15 is 0 Å². The highest BCUT2D eigenvalue weighted by atomic mass is 16.5. The van der Waals surface area contributed by atoms with Gasteiger partial charge in [-0.3, -0.25) is 0 Å². The van der Waals surface area contributed by atoms with E-state index in [4.69, 9.17) is 10.00 Å². The molecule has 0 saturated heterocycles. The second-order valence-electron chi connectivity index (χ2n) is 5.42. The van der Waals surface area contributed by atoms with E-state index in [-0.39, 0.29) is 5.41 Å². The molecule has 0 amide bonds. The summed E-state index contributed by atoms with van der Waals surface area (Å²) in [7, 11) is 1.72. The fraction of sp³-hybridized carbons (Fsp3) is 0.533. The molecule has 0 aliphatic carbocycles. The highest BCUT2D eigenvalue weighted by Crippen LogP contribution is 2.23. The van der Waals surface area contributed by atoms with Crippen LogP contribution in [-0.2, 0) is 4.74 Å². The summed E-state index contributed by atoms with van der Waals surface area (Å²) in [6.45, 7) is 7.97. The Morgan fingerprint density at radius 2 is 2.11 bits per heavy atom. The van der Waals surface area contributed by atoms with Crippen LogP contribution in [0.5, 0.6) is 0 Å². The van der Waals surface area contributed by atoms with E-state index < -0.39 is 0 Å². The molecule has 98 valence electrons. The second kappa shape index (κ2) is 6.42. The molecule has 0 spiro atoms. The van der Waals surface area contributed by atoms with Crippen LogP contribution in [0.15, 0.2) is 18.2 Å². The molecule has 3 nitrogen and oxygen atoms in total. The van der Waals surface area contributed by atoms with Gasteiger partial charge in [-0.05, 0) is 36.5 Å². The summed E-state index contributed by atoms with van der Waals surface area (Å²) >= 11 is 0. The maximum Gasteiger partial charge on any atom is 0.101 e. The smallest absolute Gasteiger partial charge is 0.101 e. The number of nitrogens with zero attached hydrogens (tertiary/aromatic N) is 1. The molecule has 3 heteroatoms. The van der Waals surface area contributed by atoms with Gasteiger partial charge in [0.15, 0.2) is 0 Å². The van der Waals surface area contributed by atoms with Crippen molar-refractivity contribution < 1.29 is 4.74 Å². The van der Waals surface area contributed by atoms with Crippen molar-refractivity contribution in [1.29, 1.82) is 5.26 Å². The van der Waals surface area contributed by atoms with Crippen molar-refractivity contribution in [2.75, 3.05) is 25.6 Å². The molecule has 1 rings (SSSR count). The highest BCUT2D eigenvalue weighted by Gasteiger charge is 2.17. The Labute approximate surface area is 110 Å². The summed E-state index contributed by atoms with van der Waals surface area (Å²) < 4.78 is 5.11. The van der Waals surface area contributed by atoms with Crippen molar-refractivity contribution in [2.45, 2.75) is 27.2 Å². The Kier molecular flexibility index (Phi) is 5.18. The predicted octanol–water partition coefficient (Wildman–Crippen LogP) is 3.34. The maximum absolute atomic E-state index is 9.10. The first-order chi connectivity index (χ1) is 8.48. The van der Waals surface area contributed by atoms with Crippen LogP contribution in [-0.4, -0.2) is 20.3 Å². The molecule has 0 unspecified atom stereocenters. The third-order valence-corrected chi connectivity index (χ3v) is 3.04. The average molecular weight is 246 g/mol. The number of hydrogen-bond acceptors (Lipinski definition) is 3. The summed E-state index contributed by atoms with van der Waals surface area (Å²) in [6, 6.07) is 8.13. The zero-order valence-electron chi connectivity index (χ0n) is 11.7. The second-order valence-corrected chi connectivity index (χ2v) is 5.42. The monoisotopic (exact) mass is 246 g/mol. The van der Waals surface area contributed by atoms with Crippen LogP contribution in [0.1, 0.15) is 31.4 Å². The average Bonchev–Trinajstić information content (AvgIpc) is 2.35. The van der Waals surface area contributed by atoms with Gasteiger partial charge < -0.3 is 10.1 Å². The Morgan fingerprint density at radius 1 is 1.39 bits per heavy atom. The number of hydrogen-bond donors (Lipinski definition) is 1. The molecule has 0 fully saturated rings. The molecule has 1 N–H and O–H groups in total. The molecule has 0 aliphatic heterocycles. The van der Waals surface area contributed by atoms with Gasteiger partial charge in [0.05, 0.1) is 11.3 Å². The molecule has 1 aromatic carbocycles. The van der Waals surface area contributed by atoms with Crippen LogP contribution in [0.2, 0.25) is 0 Å². The largest absolute Gasteiger partial charge is 0.385 e. The number of ether oxygens (including phenoxy) is 1. The standard InChI is InChI=1S/C15H22N2O/c1-12-5-6-14(13(9-12)10-16)17-11-15(2,3)7-8-18-4/h5-6,9,17H,7-8,11H2,1-4H3. The molecule has 0 heterocycles. The Morgan fingerprint density at radius 3 is 2.72 bits per heavy atom. The van der Waals surface area contributed by atoms with Crippen molar-refractivity contribution in [3.05, 3.63) is 29.3 Å². The Bertz CT molecular complexity index is 433. The van der Waals surface area contributed by atoms with E-state index in [2.05, 4.69) is 25.2 Å². The fourth-order valence-corrected chi connectivity index (χ4v) is 1.71. The molecule has 0 atom stereocenters. The number of methoxy groups -OCH3 is 1. The van der Waals surface area contributed by atoms with Crippen molar-refractivity contribution >= 4 is 5.69 Å². The van der Waals surface area contributed by atoms with Gasteiger partial charge in [0, 0.05) is 20.3 Å². The van der Waals surface area contributed by atoms with Gasteiger partial charge >= 0.3 is 0 Å². The zero-order valence-corrected chi connectivity index (χ0v) is 11.7. The number of nitriles is 1. The van der Waals surface area contributed by atoms with Crippen molar-refractivity contribution in [3.8, 4) is 6.07 Å². The van der Waals surface area contributed by atoms with Crippen LogP contribution in [0.4, 0.5) is 5.69 Å². The fourth-order valence-electron chi connectivity index (χ4n) is 1.71.